The Labute approximate surface area is 123 Å². The third-order valence-corrected chi connectivity index (χ3v) is 3.52. The van der Waals surface area contributed by atoms with Gasteiger partial charge >= 0.3 is 0 Å². The summed E-state index contributed by atoms with van der Waals surface area (Å²) in [7, 11) is 0. The van der Waals surface area contributed by atoms with E-state index in [-0.39, 0.29) is 12.0 Å². The Morgan fingerprint density at radius 3 is 2.95 bits per heavy atom. The van der Waals surface area contributed by atoms with Gasteiger partial charge in [0.15, 0.2) is 17.6 Å². The highest BCUT2D eigenvalue weighted by Crippen LogP contribution is 2.35. The zero-order valence-electron chi connectivity index (χ0n) is 12.0. The summed E-state index contributed by atoms with van der Waals surface area (Å²) in [5.74, 6) is 2.80. The number of benzene rings is 1. The second-order valence-corrected chi connectivity index (χ2v) is 5.19. The van der Waals surface area contributed by atoms with Gasteiger partial charge in [-0.1, -0.05) is 24.2 Å². The van der Waals surface area contributed by atoms with Crippen LogP contribution in [0.4, 0.5) is 0 Å². The zero-order chi connectivity index (χ0) is 14.7. The van der Waals surface area contributed by atoms with Gasteiger partial charge in [-0.25, -0.2) is 0 Å². The zero-order valence-corrected chi connectivity index (χ0v) is 12.0. The first-order valence-electron chi connectivity index (χ1n) is 7.20. The molecule has 0 saturated carbocycles. The van der Waals surface area contributed by atoms with Gasteiger partial charge in [-0.3, -0.25) is 0 Å². The fourth-order valence-electron chi connectivity index (χ4n) is 2.27. The van der Waals surface area contributed by atoms with Gasteiger partial charge < -0.3 is 19.7 Å². The number of aromatic nitrogens is 2. The van der Waals surface area contributed by atoms with E-state index in [9.17, 15) is 0 Å². The van der Waals surface area contributed by atoms with Crippen molar-refractivity contribution in [2.24, 2.45) is 5.73 Å². The van der Waals surface area contributed by atoms with Gasteiger partial charge in [-0.15, -0.1) is 0 Å². The second kappa shape index (κ2) is 6.13. The molecule has 1 aromatic heterocycles. The molecule has 2 N–H and O–H groups in total. The van der Waals surface area contributed by atoms with Crippen molar-refractivity contribution in [2.45, 2.75) is 31.8 Å². The number of hydrogen-bond donors (Lipinski definition) is 1. The molecule has 2 atom stereocenters. The van der Waals surface area contributed by atoms with E-state index in [1.165, 1.54) is 0 Å². The van der Waals surface area contributed by atoms with Gasteiger partial charge in [-0.05, 0) is 31.5 Å². The molecule has 0 aliphatic carbocycles. The van der Waals surface area contributed by atoms with Crippen LogP contribution in [0.2, 0.25) is 0 Å². The number of nitrogens with two attached hydrogens (primary N) is 1. The maximum absolute atomic E-state index is 5.86. The van der Waals surface area contributed by atoms with Crippen LogP contribution in [0.1, 0.15) is 43.5 Å². The minimum atomic E-state index is -0.334. The molecule has 0 saturated heterocycles. The molecule has 2 heterocycles. The lowest BCUT2D eigenvalue weighted by Gasteiger charge is -2.24. The van der Waals surface area contributed by atoms with E-state index in [1.807, 2.05) is 24.3 Å². The average molecular weight is 289 g/mol. The summed E-state index contributed by atoms with van der Waals surface area (Å²) in [5.41, 5.74) is 5.52. The summed E-state index contributed by atoms with van der Waals surface area (Å²) in [6.45, 7) is 3.11. The maximum atomic E-state index is 5.86. The fourth-order valence-corrected chi connectivity index (χ4v) is 2.27. The van der Waals surface area contributed by atoms with Crippen LogP contribution in [0.15, 0.2) is 28.8 Å². The van der Waals surface area contributed by atoms with Crippen molar-refractivity contribution in [3.05, 3.63) is 36.0 Å². The SMILES string of the molecule is CC(CCCN)c1nc(C2COc3ccccc3O2)no1. The Morgan fingerprint density at radius 2 is 2.14 bits per heavy atom. The van der Waals surface area contributed by atoms with Gasteiger partial charge in [0, 0.05) is 5.92 Å². The first-order valence-corrected chi connectivity index (χ1v) is 7.20. The van der Waals surface area contributed by atoms with Crippen LogP contribution in [0, 0.1) is 0 Å². The van der Waals surface area contributed by atoms with E-state index in [0.29, 0.717) is 30.6 Å². The van der Waals surface area contributed by atoms with Crippen LogP contribution in [-0.2, 0) is 0 Å². The van der Waals surface area contributed by atoms with Gasteiger partial charge in [-0.2, -0.15) is 4.98 Å². The number of hydrogen-bond acceptors (Lipinski definition) is 6. The first-order chi connectivity index (χ1) is 10.3. The minimum Gasteiger partial charge on any atom is -0.485 e. The first kappa shape index (κ1) is 13.9. The van der Waals surface area contributed by atoms with E-state index in [4.69, 9.17) is 19.7 Å². The molecule has 2 aromatic rings. The van der Waals surface area contributed by atoms with Gasteiger partial charge in [0.05, 0.1) is 0 Å². The molecule has 1 aliphatic heterocycles. The van der Waals surface area contributed by atoms with Gasteiger partial charge in [0.2, 0.25) is 11.7 Å². The summed E-state index contributed by atoms with van der Waals surface area (Å²) in [6.07, 6.45) is 1.54. The molecule has 3 rings (SSSR count). The molecule has 1 aliphatic rings. The Bertz CT molecular complexity index is 599. The monoisotopic (exact) mass is 289 g/mol. The summed E-state index contributed by atoms with van der Waals surface area (Å²) in [6, 6.07) is 7.56. The lowest BCUT2D eigenvalue weighted by molar-refractivity contribution is 0.0832. The highest BCUT2D eigenvalue weighted by molar-refractivity contribution is 5.40. The van der Waals surface area contributed by atoms with Crippen LogP contribution in [-0.4, -0.2) is 23.3 Å². The van der Waals surface area contributed by atoms with Gasteiger partial charge in [0.25, 0.3) is 0 Å². The van der Waals surface area contributed by atoms with E-state index in [0.717, 1.165) is 18.6 Å². The molecule has 0 fully saturated rings. The lowest BCUT2D eigenvalue weighted by atomic mass is 10.1. The van der Waals surface area contributed by atoms with Crippen molar-refractivity contribution in [3.8, 4) is 11.5 Å². The average Bonchev–Trinajstić information content (AvgIpc) is 3.02. The van der Waals surface area contributed by atoms with Crippen LogP contribution in [0.3, 0.4) is 0 Å². The quantitative estimate of drug-likeness (QED) is 0.910. The maximum Gasteiger partial charge on any atom is 0.229 e. The number of ether oxygens (including phenoxy) is 2. The third-order valence-electron chi connectivity index (χ3n) is 3.52. The van der Waals surface area contributed by atoms with Crippen molar-refractivity contribution in [1.82, 2.24) is 10.1 Å². The predicted octanol–water partition coefficient (Wildman–Crippen LogP) is 2.42. The molecule has 0 bridgehead atoms. The second-order valence-electron chi connectivity index (χ2n) is 5.19. The van der Waals surface area contributed by atoms with Gasteiger partial charge in [0.1, 0.15) is 6.61 Å². The molecule has 6 nitrogen and oxygen atoms in total. The molecular formula is C15H19N3O3. The molecule has 1 aromatic carbocycles. The van der Waals surface area contributed by atoms with Crippen molar-refractivity contribution < 1.29 is 14.0 Å². The lowest BCUT2D eigenvalue weighted by Crippen LogP contribution is -2.22. The summed E-state index contributed by atoms with van der Waals surface area (Å²) in [5, 5.41) is 4.02. The minimum absolute atomic E-state index is 0.201. The van der Waals surface area contributed by atoms with Crippen molar-refractivity contribution >= 4 is 0 Å². The number of para-hydroxylation sites is 2. The molecule has 21 heavy (non-hydrogen) atoms. The van der Waals surface area contributed by atoms with Crippen LogP contribution in [0.25, 0.3) is 0 Å². The molecule has 6 heteroatoms. The molecule has 2 unspecified atom stereocenters. The Hall–Kier alpha value is -2.08. The summed E-state index contributed by atoms with van der Waals surface area (Å²) >= 11 is 0. The highest BCUT2D eigenvalue weighted by atomic mass is 16.6. The number of fused-ring (bicyclic) bond motifs is 1. The highest BCUT2D eigenvalue weighted by Gasteiger charge is 2.27. The topological polar surface area (TPSA) is 83.4 Å². The van der Waals surface area contributed by atoms with Crippen LogP contribution in [0.5, 0.6) is 11.5 Å². The third kappa shape index (κ3) is 3.00. The normalized spacial score (nSPS) is 18.5. The summed E-state index contributed by atoms with van der Waals surface area (Å²) in [4.78, 5) is 4.44. The largest absolute Gasteiger partial charge is 0.485 e. The Kier molecular flexibility index (Phi) is 4.06. The molecule has 0 spiro atoms. The molecule has 0 amide bonds. The number of rotatable bonds is 5. The molecule has 112 valence electrons. The van der Waals surface area contributed by atoms with Crippen molar-refractivity contribution in [1.29, 1.82) is 0 Å². The smallest absolute Gasteiger partial charge is 0.229 e. The van der Waals surface area contributed by atoms with E-state index in [1.54, 1.807) is 0 Å². The van der Waals surface area contributed by atoms with E-state index < -0.39 is 0 Å². The summed E-state index contributed by atoms with van der Waals surface area (Å²) < 4.78 is 16.9. The van der Waals surface area contributed by atoms with Crippen LogP contribution < -0.4 is 15.2 Å². The van der Waals surface area contributed by atoms with Crippen LogP contribution >= 0.6 is 0 Å². The van der Waals surface area contributed by atoms with Crippen molar-refractivity contribution in [2.75, 3.05) is 13.2 Å². The fraction of sp³-hybridized carbons (Fsp3) is 0.467. The molecular weight excluding hydrogens is 270 g/mol. The number of nitrogens with zero attached hydrogens (tertiary/aromatic N) is 2. The Balaban J connectivity index is 1.70. The molecule has 0 radical (unpaired) electrons. The standard InChI is InChI=1S/C15H19N3O3/c1-10(5-4-8-16)15-17-14(18-21-15)13-9-19-11-6-2-3-7-12(11)20-13/h2-3,6-7,10,13H,4-5,8-9,16H2,1H3. The predicted molar refractivity (Wildman–Crippen MR) is 76.3 cm³/mol. The Morgan fingerprint density at radius 1 is 1.33 bits per heavy atom. The van der Waals surface area contributed by atoms with E-state index >= 15 is 0 Å². The van der Waals surface area contributed by atoms with E-state index in [2.05, 4.69) is 17.1 Å². The van der Waals surface area contributed by atoms with Crippen molar-refractivity contribution in [3.63, 3.8) is 0 Å².